The van der Waals surface area contributed by atoms with Crippen molar-refractivity contribution in [3.05, 3.63) is 29.3 Å². The van der Waals surface area contributed by atoms with Crippen LogP contribution >= 0.6 is 11.3 Å². The first kappa shape index (κ1) is 17.8. The van der Waals surface area contributed by atoms with E-state index in [0.717, 1.165) is 31.4 Å². The number of fused-ring (bicyclic) bond motifs is 1. The number of likely N-dealkylation sites (tertiary alicyclic amines) is 1. The van der Waals surface area contributed by atoms with Gasteiger partial charge in [-0.05, 0) is 58.8 Å². The zero-order valence-electron chi connectivity index (χ0n) is 14.9. The fourth-order valence-electron chi connectivity index (χ4n) is 3.12. The summed E-state index contributed by atoms with van der Waals surface area (Å²) in [4.78, 5) is 7.16. The van der Waals surface area contributed by atoms with Crippen LogP contribution in [0.2, 0.25) is 0 Å². The number of aromatic nitrogens is 1. The predicted molar refractivity (Wildman–Crippen MR) is 99.7 cm³/mol. The Bertz CT molecular complexity index is 624. The fourth-order valence-corrected chi connectivity index (χ4v) is 4.26. The minimum Gasteiger partial charge on any atom is -0.389 e. The molecule has 1 fully saturated rings. The summed E-state index contributed by atoms with van der Waals surface area (Å²) in [5.74, 6) is 0.557. The number of rotatable bonds is 5. The van der Waals surface area contributed by atoms with Gasteiger partial charge in [0.05, 0.1) is 33.5 Å². The molecule has 5 heteroatoms. The number of para-hydroxylation sites is 1. The molecular weight excluding hydrogens is 320 g/mol. The minimum atomic E-state index is -0.414. The maximum absolute atomic E-state index is 10.2. The molecule has 1 aromatic carbocycles. The van der Waals surface area contributed by atoms with E-state index in [1.165, 1.54) is 9.71 Å². The van der Waals surface area contributed by atoms with E-state index in [0.29, 0.717) is 19.1 Å². The topological polar surface area (TPSA) is 45.6 Å². The van der Waals surface area contributed by atoms with Crippen LogP contribution in [0.3, 0.4) is 0 Å². The van der Waals surface area contributed by atoms with Gasteiger partial charge in [0.2, 0.25) is 0 Å². The van der Waals surface area contributed by atoms with Crippen molar-refractivity contribution in [3.63, 3.8) is 0 Å². The quantitative estimate of drug-likeness (QED) is 0.896. The third-order valence-corrected chi connectivity index (χ3v) is 5.62. The number of ether oxygens (including phenoxy) is 1. The molecule has 0 amide bonds. The van der Waals surface area contributed by atoms with Gasteiger partial charge in [0.25, 0.3) is 0 Å². The smallest absolute Gasteiger partial charge is 0.0970 e. The Balaban J connectivity index is 1.48. The van der Waals surface area contributed by atoms with Crippen LogP contribution in [0.15, 0.2) is 24.3 Å². The van der Waals surface area contributed by atoms with Gasteiger partial charge in [-0.1, -0.05) is 12.1 Å². The highest BCUT2D eigenvalue weighted by Gasteiger charge is 2.25. The van der Waals surface area contributed by atoms with Crippen LogP contribution in [-0.2, 0) is 4.74 Å². The monoisotopic (exact) mass is 348 g/mol. The maximum Gasteiger partial charge on any atom is 0.0970 e. The van der Waals surface area contributed by atoms with Gasteiger partial charge in [-0.3, -0.25) is 0 Å². The van der Waals surface area contributed by atoms with E-state index < -0.39 is 6.10 Å². The third kappa shape index (κ3) is 4.76. The number of hydrogen-bond acceptors (Lipinski definition) is 5. The largest absolute Gasteiger partial charge is 0.389 e. The van der Waals surface area contributed by atoms with Crippen molar-refractivity contribution < 1.29 is 9.84 Å². The number of β-amino-alcohol motifs (C(OH)–C–C–N with tert-alkyl or cyclic N) is 1. The second kappa shape index (κ2) is 7.48. The van der Waals surface area contributed by atoms with Gasteiger partial charge < -0.3 is 14.7 Å². The molecular formula is C19H28N2O2S. The van der Waals surface area contributed by atoms with Gasteiger partial charge in [-0.15, -0.1) is 11.3 Å². The lowest BCUT2D eigenvalue weighted by Gasteiger charge is -2.33. The Morgan fingerprint density at radius 1 is 1.29 bits per heavy atom. The van der Waals surface area contributed by atoms with Crippen LogP contribution in [0.25, 0.3) is 10.2 Å². The molecule has 3 rings (SSSR count). The molecule has 0 saturated carbocycles. The van der Waals surface area contributed by atoms with Crippen LogP contribution in [0.1, 0.15) is 44.5 Å². The number of nitrogens with zero attached hydrogens (tertiary/aromatic N) is 2. The van der Waals surface area contributed by atoms with Gasteiger partial charge in [0.1, 0.15) is 0 Å². The summed E-state index contributed by atoms with van der Waals surface area (Å²) in [7, 11) is 0. The van der Waals surface area contributed by atoms with Crippen molar-refractivity contribution in [2.24, 2.45) is 0 Å². The zero-order chi connectivity index (χ0) is 17.2. The van der Waals surface area contributed by atoms with Crippen LogP contribution in [0.5, 0.6) is 0 Å². The average Bonchev–Trinajstić information content (AvgIpc) is 2.97. The first-order chi connectivity index (χ1) is 11.4. The van der Waals surface area contributed by atoms with Crippen molar-refractivity contribution >= 4 is 21.6 Å². The Labute approximate surface area is 148 Å². The molecule has 132 valence electrons. The number of benzene rings is 1. The highest BCUT2D eigenvalue weighted by atomic mass is 32.1. The SMILES string of the molecule is CC(C)(C)OCC(O)CN1CCC(c2nc3ccccc3s2)CC1. The number of aliphatic hydroxyl groups excluding tert-OH is 1. The molecule has 2 heterocycles. The number of hydrogen-bond donors (Lipinski definition) is 1. The van der Waals surface area contributed by atoms with Crippen LogP contribution in [-0.4, -0.2) is 52.9 Å². The second-order valence-electron chi connectivity index (χ2n) is 7.67. The Morgan fingerprint density at radius 3 is 2.67 bits per heavy atom. The number of piperidine rings is 1. The molecule has 2 aromatic rings. The number of aliphatic hydroxyl groups is 1. The summed E-state index contributed by atoms with van der Waals surface area (Å²) in [5, 5.41) is 11.4. The zero-order valence-corrected chi connectivity index (χ0v) is 15.7. The summed E-state index contributed by atoms with van der Waals surface area (Å²) < 4.78 is 6.95. The maximum atomic E-state index is 10.2. The molecule has 0 radical (unpaired) electrons. The molecule has 4 nitrogen and oxygen atoms in total. The predicted octanol–water partition coefficient (Wildman–Crippen LogP) is 3.65. The van der Waals surface area contributed by atoms with Crippen molar-refractivity contribution in [1.82, 2.24) is 9.88 Å². The highest BCUT2D eigenvalue weighted by molar-refractivity contribution is 7.18. The average molecular weight is 349 g/mol. The molecule has 1 saturated heterocycles. The van der Waals surface area contributed by atoms with Crippen molar-refractivity contribution in [2.75, 3.05) is 26.2 Å². The van der Waals surface area contributed by atoms with E-state index in [-0.39, 0.29) is 5.60 Å². The molecule has 1 unspecified atom stereocenters. The lowest BCUT2D eigenvalue weighted by Crippen LogP contribution is -2.40. The van der Waals surface area contributed by atoms with E-state index in [2.05, 4.69) is 29.2 Å². The van der Waals surface area contributed by atoms with E-state index in [9.17, 15) is 5.11 Å². The Kier molecular flexibility index (Phi) is 5.55. The molecule has 1 N–H and O–H groups in total. The van der Waals surface area contributed by atoms with Gasteiger partial charge in [0, 0.05) is 12.5 Å². The van der Waals surface area contributed by atoms with E-state index in [1.807, 2.05) is 32.1 Å². The van der Waals surface area contributed by atoms with Crippen LogP contribution in [0, 0.1) is 0 Å². The van der Waals surface area contributed by atoms with Gasteiger partial charge in [0.15, 0.2) is 0 Å². The van der Waals surface area contributed by atoms with Crippen LogP contribution < -0.4 is 0 Å². The van der Waals surface area contributed by atoms with Gasteiger partial charge in [-0.25, -0.2) is 4.98 Å². The molecule has 1 aliphatic heterocycles. The molecule has 1 aromatic heterocycles. The number of thiazole rings is 1. The van der Waals surface area contributed by atoms with Crippen molar-refractivity contribution in [3.8, 4) is 0 Å². The van der Waals surface area contributed by atoms with Crippen molar-refractivity contribution in [2.45, 2.75) is 51.2 Å². The van der Waals surface area contributed by atoms with E-state index in [4.69, 9.17) is 9.72 Å². The standard InChI is InChI=1S/C19H28N2O2S/c1-19(2,3)23-13-15(22)12-21-10-8-14(9-11-21)18-20-16-6-4-5-7-17(16)24-18/h4-7,14-15,22H,8-13H2,1-3H3. The minimum absolute atomic E-state index is 0.194. The molecule has 0 spiro atoms. The molecule has 1 aliphatic rings. The summed E-state index contributed by atoms with van der Waals surface area (Å²) in [6.45, 7) is 9.19. The summed E-state index contributed by atoms with van der Waals surface area (Å²) in [6.07, 6.45) is 1.82. The van der Waals surface area contributed by atoms with Gasteiger partial charge in [-0.2, -0.15) is 0 Å². The molecule has 1 atom stereocenters. The molecule has 24 heavy (non-hydrogen) atoms. The van der Waals surface area contributed by atoms with E-state index in [1.54, 1.807) is 0 Å². The third-order valence-electron chi connectivity index (χ3n) is 4.42. The summed E-state index contributed by atoms with van der Waals surface area (Å²) >= 11 is 1.83. The summed E-state index contributed by atoms with van der Waals surface area (Å²) in [5.41, 5.74) is 0.926. The van der Waals surface area contributed by atoms with E-state index >= 15 is 0 Å². The Morgan fingerprint density at radius 2 is 2.00 bits per heavy atom. The fraction of sp³-hybridized carbons (Fsp3) is 0.632. The first-order valence-electron chi connectivity index (χ1n) is 8.80. The molecule has 0 bridgehead atoms. The Hall–Kier alpha value is -1.01. The molecule has 0 aliphatic carbocycles. The van der Waals surface area contributed by atoms with Crippen molar-refractivity contribution in [1.29, 1.82) is 0 Å². The summed E-state index contributed by atoms with van der Waals surface area (Å²) in [6, 6.07) is 8.37. The van der Waals surface area contributed by atoms with Gasteiger partial charge >= 0.3 is 0 Å². The second-order valence-corrected chi connectivity index (χ2v) is 8.73. The normalized spacial score (nSPS) is 19.0. The lowest BCUT2D eigenvalue weighted by atomic mass is 9.97. The lowest BCUT2D eigenvalue weighted by molar-refractivity contribution is -0.0573. The first-order valence-corrected chi connectivity index (χ1v) is 9.62. The highest BCUT2D eigenvalue weighted by Crippen LogP contribution is 2.33. The van der Waals surface area contributed by atoms with Crippen LogP contribution in [0.4, 0.5) is 0 Å².